The van der Waals surface area contributed by atoms with E-state index in [1.807, 2.05) is 0 Å². The predicted octanol–water partition coefficient (Wildman–Crippen LogP) is 2.36. The first-order valence-corrected chi connectivity index (χ1v) is 3.73. The molecule has 0 bridgehead atoms. The van der Waals surface area contributed by atoms with Crippen LogP contribution in [-0.2, 0) is 11.2 Å². The molecule has 0 spiro atoms. The Morgan fingerprint density at radius 1 is 1.67 bits per heavy atom. The minimum absolute atomic E-state index is 0.442. The molecule has 1 N–H and O–H groups in total. The fourth-order valence-corrected chi connectivity index (χ4v) is 0.977. The van der Waals surface area contributed by atoms with Crippen LogP contribution in [0.1, 0.15) is 14.7 Å². The van der Waals surface area contributed by atoms with Gasteiger partial charge in [-0.25, -0.2) is 0 Å². The summed E-state index contributed by atoms with van der Waals surface area (Å²) >= 11 is 5.68. The van der Waals surface area contributed by atoms with Crippen LogP contribution in [-0.4, -0.2) is 11.1 Å². The van der Waals surface area contributed by atoms with Gasteiger partial charge in [-0.2, -0.15) is 0 Å². The lowest BCUT2D eigenvalue weighted by molar-refractivity contribution is -0.136. The second-order valence-electron chi connectivity index (χ2n) is 2.23. The Morgan fingerprint density at radius 3 is 3.00 bits per heavy atom. The highest BCUT2D eigenvalue weighted by molar-refractivity contribution is 6.30. The molecule has 0 radical (unpaired) electrons. The van der Waals surface area contributed by atoms with E-state index in [0.717, 1.165) is 0 Å². The third-order valence-electron chi connectivity index (χ3n) is 1.27. The fourth-order valence-electron chi connectivity index (χ4n) is 0.778. The van der Waals surface area contributed by atoms with Crippen LogP contribution < -0.4 is 0 Å². The van der Waals surface area contributed by atoms with Crippen LogP contribution >= 0.6 is 11.6 Å². The lowest BCUT2D eigenvalue weighted by atomic mass is 10.1. The normalized spacial score (nSPS) is 17.4. The molecule has 12 heavy (non-hydrogen) atoms. The summed E-state index contributed by atoms with van der Waals surface area (Å²) in [4.78, 5) is 10.5. The number of carboxylic acid groups (broad SMARTS) is 1. The summed E-state index contributed by atoms with van der Waals surface area (Å²) in [6, 6.07) is 6.36. The second kappa shape index (κ2) is 4.12. The topological polar surface area (TPSA) is 37.3 Å². The van der Waals surface area contributed by atoms with Crippen LogP contribution in [0.3, 0.4) is 0 Å². The van der Waals surface area contributed by atoms with Gasteiger partial charge in [0.15, 0.2) is 0 Å². The Balaban J connectivity index is 2.89. The Hall–Kier alpha value is -1.02. The largest absolute Gasteiger partial charge is 0.481 e. The molecule has 3 heteroatoms. The van der Waals surface area contributed by atoms with E-state index in [2.05, 4.69) is 0 Å². The smallest absolute Gasteiger partial charge is 0.303 e. The molecule has 0 heterocycles. The summed E-state index contributed by atoms with van der Waals surface area (Å²) in [5, 5.41) is 8.98. The van der Waals surface area contributed by atoms with E-state index in [4.69, 9.17) is 19.4 Å². The first kappa shape index (κ1) is 6.49. The van der Waals surface area contributed by atoms with Gasteiger partial charge in [0.2, 0.25) is 0 Å². The SMILES string of the molecule is [2H]C(C(=O)O)C([2H])c1cccc(Cl)c1. The quantitative estimate of drug-likeness (QED) is 0.787. The molecule has 0 aromatic heterocycles. The number of rotatable bonds is 3. The van der Waals surface area contributed by atoms with Gasteiger partial charge in [0.25, 0.3) is 0 Å². The summed E-state index contributed by atoms with van der Waals surface area (Å²) in [6.07, 6.45) is -2.58. The van der Waals surface area contributed by atoms with Gasteiger partial charge in [-0.1, -0.05) is 23.7 Å². The number of benzene rings is 1. The lowest BCUT2D eigenvalue weighted by Gasteiger charge is -1.97. The zero-order valence-electron chi connectivity index (χ0n) is 8.20. The molecule has 0 aliphatic heterocycles. The molecule has 1 rings (SSSR count). The van der Waals surface area contributed by atoms with Crippen molar-refractivity contribution < 1.29 is 12.6 Å². The molecule has 1 aromatic carbocycles. The van der Waals surface area contributed by atoms with Gasteiger partial charge in [0.05, 0.1) is 0 Å². The van der Waals surface area contributed by atoms with Crippen molar-refractivity contribution in [2.45, 2.75) is 12.8 Å². The number of carbonyl (C=O) groups is 1. The molecule has 64 valence electrons. The minimum Gasteiger partial charge on any atom is -0.481 e. The van der Waals surface area contributed by atoms with Crippen LogP contribution in [0.2, 0.25) is 5.02 Å². The van der Waals surface area contributed by atoms with Crippen LogP contribution in [0.4, 0.5) is 0 Å². The van der Waals surface area contributed by atoms with Crippen molar-refractivity contribution in [3.63, 3.8) is 0 Å². The van der Waals surface area contributed by atoms with Crippen molar-refractivity contribution in [2.75, 3.05) is 0 Å². The predicted molar refractivity (Wildman–Crippen MR) is 47.4 cm³/mol. The number of halogens is 1. The molecular weight excluding hydrogens is 176 g/mol. The molecule has 0 fully saturated rings. The van der Waals surface area contributed by atoms with E-state index >= 15 is 0 Å². The molecule has 1 aromatic rings. The summed E-state index contributed by atoms with van der Waals surface area (Å²) in [5.41, 5.74) is 0.444. The van der Waals surface area contributed by atoms with Gasteiger partial charge >= 0.3 is 5.97 Å². The number of aliphatic carboxylic acids is 1. The first-order valence-electron chi connectivity index (χ1n) is 4.50. The van der Waals surface area contributed by atoms with E-state index in [1.165, 1.54) is 6.07 Å². The van der Waals surface area contributed by atoms with E-state index in [1.54, 1.807) is 18.2 Å². The van der Waals surface area contributed by atoms with Crippen LogP contribution in [0.5, 0.6) is 0 Å². The molecule has 2 unspecified atom stereocenters. The summed E-state index contributed by atoms with van der Waals surface area (Å²) in [7, 11) is 0. The molecular formula is C9H9ClO2. The number of aryl methyl sites for hydroxylation is 1. The summed E-state index contributed by atoms with van der Waals surface area (Å²) in [5.74, 6) is -1.30. The maximum atomic E-state index is 10.5. The molecule has 0 aliphatic rings. The minimum atomic E-state index is -1.48. The van der Waals surface area contributed by atoms with Gasteiger partial charge in [-0.3, -0.25) is 4.79 Å². The van der Waals surface area contributed by atoms with Crippen LogP contribution in [0.15, 0.2) is 24.3 Å². The van der Waals surface area contributed by atoms with Crippen LogP contribution in [0, 0.1) is 0 Å². The zero-order valence-corrected chi connectivity index (χ0v) is 6.95. The Kier molecular flexibility index (Phi) is 2.23. The van der Waals surface area contributed by atoms with E-state index in [9.17, 15) is 4.79 Å². The van der Waals surface area contributed by atoms with E-state index in [0.29, 0.717) is 10.6 Å². The van der Waals surface area contributed by atoms with Crippen molar-refractivity contribution >= 4 is 17.6 Å². The zero-order chi connectivity index (χ0) is 10.7. The maximum absolute atomic E-state index is 10.5. The Labute approximate surface area is 78.6 Å². The van der Waals surface area contributed by atoms with Gasteiger partial charge < -0.3 is 5.11 Å². The molecule has 0 saturated heterocycles. The average Bonchev–Trinajstić information content (AvgIpc) is 2.15. The Morgan fingerprint density at radius 2 is 2.42 bits per heavy atom. The Bertz CT molecular complexity index is 343. The van der Waals surface area contributed by atoms with Crippen molar-refractivity contribution in [1.29, 1.82) is 0 Å². The average molecular weight is 187 g/mol. The van der Waals surface area contributed by atoms with Crippen molar-refractivity contribution in [3.8, 4) is 0 Å². The number of hydrogen-bond donors (Lipinski definition) is 1. The highest BCUT2D eigenvalue weighted by Crippen LogP contribution is 2.11. The van der Waals surface area contributed by atoms with Crippen molar-refractivity contribution in [1.82, 2.24) is 0 Å². The standard InChI is InChI=1S/C9H9ClO2/c10-8-3-1-2-7(6-8)4-5-9(11)12/h1-3,6H,4-5H2,(H,11,12)/i4D,5D. The summed E-state index contributed by atoms with van der Waals surface area (Å²) < 4.78 is 14.7. The molecule has 2 atom stereocenters. The highest BCUT2D eigenvalue weighted by atomic mass is 35.5. The van der Waals surface area contributed by atoms with Crippen LogP contribution in [0.25, 0.3) is 0 Å². The van der Waals surface area contributed by atoms with E-state index in [-0.39, 0.29) is 0 Å². The monoisotopic (exact) mass is 186 g/mol. The van der Waals surface area contributed by atoms with Gasteiger partial charge in [0, 0.05) is 14.2 Å². The van der Waals surface area contributed by atoms with Gasteiger partial charge in [0.1, 0.15) is 0 Å². The number of carboxylic acids is 1. The summed E-state index contributed by atoms with van der Waals surface area (Å²) in [6.45, 7) is 0. The van der Waals surface area contributed by atoms with Gasteiger partial charge in [-0.15, -0.1) is 0 Å². The third-order valence-corrected chi connectivity index (χ3v) is 1.50. The molecule has 2 nitrogen and oxygen atoms in total. The highest BCUT2D eigenvalue weighted by Gasteiger charge is 1.98. The van der Waals surface area contributed by atoms with Crippen molar-refractivity contribution in [3.05, 3.63) is 34.9 Å². The molecule has 0 aliphatic carbocycles. The lowest BCUT2D eigenvalue weighted by Crippen LogP contribution is -1.96. The fraction of sp³-hybridized carbons (Fsp3) is 0.222. The van der Waals surface area contributed by atoms with E-state index < -0.39 is 18.8 Å². The van der Waals surface area contributed by atoms with Gasteiger partial charge in [-0.05, 0) is 24.1 Å². The molecule has 0 amide bonds. The first-order chi connectivity index (χ1) is 6.52. The number of hydrogen-bond acceptors (Lipinski definition) is 1. The molecule has 0 saturated carbocycles. The second-order valence-corrected chi connectivity index (χ2v) is 2.66. The maximum Gasteiger partial charge on any atom is 0.303 e. The third kappa shape index (κ3) is 2.93. The van der Waals surface area contributed by atoms with Crippen molar-refractivity contribution in [2.24, 2.45) is 0 Å².